The van der Waals surface area contributed by atoms with E-state index in [1.165, 1.54) is 36.4 Å². The van der Waals surface area contributed by atoms with Crippen molar-refractivity contribution in [1.29, 1.82) is 0 Å². The number of halogens is 2. The van der Waals surface area contributed by atoms with Gasteiger partial charge in [0.1, 0.15) is 11.6 Å². The molecule has 0 aliphatic heterocycles. The highest BCUT2D eigenvalue weighted by Gasteiger charge is 2.09. The fourth-order valence-electron chi connectivity index (χ4n) is 1.53. The van der Waals surface area contributed by atoms with Gasteiger partial charge >= 0.3 is 0 Å². The number of benzene rings is 2. The van der Waals surface area contributed by atoms with Crippen LogP contribution < -0.4 is 5.32 Å². The summed E-state index contributed by atoms with van der Waals surface area (Å²) < 4.78 is 26.1. The highest BCUT2D eigenvalue weighted by molar-refractivity contribution is 6.04. The molecule has 0 radical (unpaired) electrons. The summed E-state index contributed by atoms with van der Waals surface area (Å²) in [4.78, 5) is 11.8. The van der Waals surface area contributed by atoms with Crippen LogP contribution in [0.25, 0.3) is 0 Å². The Morgan fingerprint density at radius 1 is 1.06 bits per heavy atom. The van der Waals surface area contributed by atoms with E-state index in [1.807, 2.05) is 0 Å². The van der Waals surface area contributed by atoms with Gasteiger partial charge in [-0.2, -0.15) is 0 Å². The minimum atomic E-state index is -0.504. The van der Waals surface area contributed by atoms with E-state index in [-0.39, 0.29) is 11.3 Å². The molecule has 2 nitrogen and oxygen atoms in total. The second-order valence-electron chi connectivity index (χ2n) is 3.94. The molecule has 0 aliphatic carbocycles. The maximum absolute atomic E-state index is 13.4. The van der Waals surface area contributed by atoms with Gasteiger partial charge in [-0.1, -0.05) is 6.07 Å². The molecule has 0 fully saturated rings. The van der Waals surface area contributed by atoms with E-state index in [9.17, 15) is 13.6 Å². The zero-order valence-corrected chi connectivity index (χ0v) is 9.71. The first-order valence-electron chi connectivity index (χ1n) is 5.39. The molecule has 18 heavy (non-hydrogen) atoms. The predicted molar refractivity (Wildman–Crippen MR) is 65.5 cm³/mol. The van der Waals surface area contributed by atoms with Gasteiger partial charge in [0.25, 0.3) is 5.91 Å². The zero-order chi connectivity index (χ0) is 13.1. The predicted octanol–water partition coefficient (Wildman–Crippen LogP) is 3.53. The molecular weight excluding hydrogens is 236 g/mol. The molecule has 0 bridgehead atoms. The van der Waals surface area contributed by atoms with Crippen molar-refractivity contribution in [2.75, 3.05) is 5.32 Å². The summed E-state index contributed by atoms with van der Waals surface area (Å²) in [6.45, 7) is 1.80. The molecule has 0 saturated heterocycles. The Balaban J connectivity index is 2.21. The Bertz CT molecular complexity index is 579. The van der Waals surface area contributed by atoms with Crippen molar-refractivity contribution in [3.8, 4) is 0 Å². The van der Waals surface area contributed by atoms with Crippen LogP contribution in [0.15, 0.2) is 42.5 Å². The van der Waals surface area contributed by atoms with Gasteiger partial charge < -0.3 is 5.32 Å². The average Bonchev–Trinajstić information content (AvgIpc) is 2.34. The molecule has 0 heterocycles. The maximum atomic E-state index is 13.4. The van der Waals surface area contributed by atoms with Crippen LogP contribution in [0.5, 0.6) is 0 Å². The number of rotatable bonds is 2. The van der Waals surface area contributed by atoms with Gasteiger partial charge in [0.05, 0.1) is 5.69 Å². The van der Waals surface area contributed by atoms with E-state index in [0.717, 1.165) is 5.56 Å². The number of aryl methyl sites for hydroxylation is 1. The highest BCUT2D eigenvalue weighted by atomic mass is 19.1. The van der Waals surface area contributed by atoms with Crippen LogP contribution in [-0.2, 0) is 0 Å². The second-order valence-corrected chi connectivity index (χ2v) is 3.94. The number of carbonyl (C=O) groups excluding carboxylic acids is 1. The molecule has 0 aromatic heterocycles. The SMILES string of the molecule is Cc1ccc(F)c(NC(=O)c2ccc(F)cc2)c1. The van der Waals surface area contributed by atoms with Crippen molar-refractivity contribution in [2.45, 2.75) is 6.92 Å². The smallest absolute Gasteiger partial charge is 0.255 e. The Hall–Kier alpha value is -2.23. The van der Waals surface area contributed by atoms with Gasteiger partial charge in [-0.3, -0.25) is 4.79 Å². The molecule has 0 spiro atoms. The van der Waals surface area contributed by atoms with Crippen molar-refractivity contribution in [3.05, 3.63) is 65.2 Å². The number of anilines is 1. The fourth-order valence-corrected chi connectivity index (χ4v) is 1.53. The third kappa shape index (κ3) is 2.71. The van der Waals surface area contributed by atoms with Gasteiger partial charge in [-0.05, 0) is 48.9 Å². The van der Waals surface area contributed by atoms with Gasteiger partial charge in [-0.15, -0.1) is 0 Å². The molecule has 0 aliphatic rings. The van der Waals surface area contributed by atoms with Crippen LogP contribution in [0, 0.1) is 18.6 Å². The van der Waals surface area contributed by atoms with E-state index in [1.54, 1.807) is 13.0 Å². The summed E-state index contributed by atoms with van der Waals surface area (Å²) in [5.41, 5.74) is 1.23. The highest BCUT2D eigenvalue weighted by Crippen LogP contribution is 2.16. The molecule has 0 unspecified atom stereocenters. The fraction of sp³-hybridized carbons (Fsp3) is 0.0714. The van der Waals surface area contributed by atoms with Crippen LogP contribution in [0.1, 0.15) is 15.9 Å². The standard InChI is InChI=1S/C14H11F2NO/c1-9-2-7-12(16)13(8-9)17-14(18)10-3-5-11(15)6-4-10/h2-8H,1H3,(H,17,18). The Kier molecular flexibility index (Phi) is 3.37. The van der Waals surface area contributed by atoms with E-state index >= 15 is 0 Å². The number of amides is 1. The number of nitrogens with one attached hydrogen (secondary N) is 1. The van der Waals surface area contributed by atoms with Crippen LogP contribution in [-0.4, -0.2) is 5.91 Å². The average molecular weight is 247 g/mol. The van der Waals surface area contributed by atoms with Crippen LogP contribution in [0.3, 0.4) is 0 Å². The molecular formula is C14H11F2NO. The largest absolute Gasteiger partial charge is 0.319 e. The topological polar surface area (TPSA) is 29.1 Å². The van der Waals surface area contributed by atoms with Crippen molar-refractivity contribution in [2.24, 2.45) is 0 Å². The van der Waals surface area contributed by atoms with Crippen LogP contribution in [0.2, 0.25) is 0 Å². The second kappa shape index (κ2) is 4.96. The molecule has 0 saturated carbocycles. The van der Waals surface area contributed by atoms with E-state index in [4.69, 9.17) is 0 Å². The van der Waals surface area contributed by atoms with Crippen molar-refractivity contribution >= 4 is 11.6 Å². The quantitative estimate of drug-likeness (QED) is 0.864. The van der Waals surface area contributed by atoms with Gasteiger partial charge in [0.15, 0.2) is 0 Å². The summed E-state index contributed by atoms with van der Waals surface area (Å²) in [5.74, 6) is -1.40. The van der Waals surface area contributed by atoms with E-state index < -0.39 is 17.5 Å². The normalized spacial score (nSPS) is 10.2. The first-order valence-corrected chi connectivity index (χ1v) is 5.39. The lowest BCUT2D eigenvalue weighted by atomic mass is 10.2. The lowest BCUT2D eigenvalue weighted by Crippen LogP contribution is -2.13. The van der Waals surface area contributed by atoms with E-state index in [0.29, 0.717) is 0 Å². The molecule has 0 atom stereocenters. The van der Waals surface area contributed by atoms with Crippen LogP contribution >= 0.6 is 0 Å². The van der Waals surface area contributed by atoms with Crippen molar-refractivity contribution < 1.29 is 13.6 Å². The first-order chi connectivity index (χ1) is 8.56. The first kappa shape index (κ1) is 12.2. The van der Waals surface area contributed by atoms with Gasteiger partial charge in [0.2, 0.25) is 0 Å². The minimum Gasteiger partial charge on any atom is -0.319 e. The van der Waals surface area contributed by atoms with Gasteiger partial charge in [0, 0.05) is 5.56 Å². The van der Waals surface area contributed by atoms with Crippen molar-refractivity contribution in [1.82, 2.24) is 0 Å². The van der Waals surface area contributed by atoms with E-state index in [2.05, 4.69) is 5.32 Å². The number of hydrogen-bond acceptors (Lipinski definition) is 1. The summed E-state index contributed by atoms with van der Waals surface area (Å²) in [7, 11) is 0. The lowest BCUT2D eigenvalue weighted by Gasteiger charge is -2.07. The Labute approximate surface area is 103 Å². The molecule has 2 aromatic carbocycles. The maximum Gasteiger partial charge on any atom is 0.255 e. The molecule has 2 aromatic rings. The summed E-state index contributed by atoms with van der Waals surface area (Å²) >= 11 is 0. The summed E-state index contributed by atoms with van der Waals surface area (Å²) in [6.07, 6.45) is 0. The summed E-state index contributed by atoms with van der Waals surface area (Å²) in [6, 6.07) is 9.50. The van der Waals surface area contributed by atoms with Gasteiger partial charge in [-0.25, -0.2) is 8.78 Å². The minimum absolute atomic E-state index is 0.115. The third-order valence-electron chi connectivity index (χ3n) is 2.48. The number of hydrogen-bond donors (Lipinski definition) is 1. The molecule has 4 heteroatoms. The molecule has 92 valence electrons. The monoisotopic (exact) mass is 247 g/mol. The molecule has 2 rings (SSSR count). The van der Waals surface area contributed by atoms with Crippen molar-refractivity contribution in [3.63, 3.8) is 0 Å². The molecule has 1 N–H and O–H groups in total. The lowest BCUT2D eigenvalue weighted by molar-refractivity contribution is 0.102. The Morgan fingerprint density at radius 2 is 1.72 bits per heavy atom. The zero-order valence-electron chi connectivity index (χ0n) is 9.71. The summed E-state index contributed by atoms with van der Waals surface area (Å²) in [5, 5.41) is 2.45. The Morgan fingerprint density at radius 3 is 2.39 bits per heavy atom. The van der Waals surface area contributed by atoms with Crippen LogP contribution in [0.4, 0.5) is 14.5 Å². The molecule has 1 amide bonds. The third-order valence-corrected chi connectivity index (χ3v) is 2.48. The number of carbonyl (C=O) groups is 1.